The summed E-state index contributed by atoms with van der Waals surface area (Å²) >= 11 is 6.69. The summed E-state index contributed by atoms with van der Waals surface area (Å²) in [5, 5.41) is 11.7. The van der Waals surface area contributed by atoms with Gasteiger partial charge < -0.3 is 0 Å². The van der Waals surface area contributed by atoms with Gasteiger partial charge in [0.1, 0.15) is 10.9 Å². The van der Waals surface area contributed by atoms with Crippen molar-refractivity contribution in [2.75, 3.05) is 11.2 Å². The number of carbonyl (C=O) groups excluding carboxylic acids is 1. The van der Waals surface area contributed by atoms with Crippen LogP contribution in [0.2, 0.25) is 0 Å². The van der Waals surface area contributed by atoms with Crippen LogP contribution in [0, 0.1) is 0 Å². The SMILES string of the molecule is CC(C)c1nnc(NC(=O)CCl)s1. The van der Waals surface area contributed by atoms with E-state index in [1.165, 1.54) is 11.3 Å². The minimum atomic E-state index is -0.256. The highest BCUT2D eigenvalue weighted by Crippen LogP contribution is 2.22. The molecule has 0 aromatic carbocycles. The number of aromatic nitrogens is 2. The summed E-state index contributed by atoms with van der Waals surface area (Å²) in [6, 6.07) is 0. The lowest BCUT2D eigenvalue weighted by Gasteiger charge is -1.95. The van der Waals surface area contributed by atoms with Crippen LogP contribution < -0.4 is 5.32 Å². The summed E-state index contributed by atoms with van der Waals surface area (Å²) in [5.41, 5.74) is 0. The Balaban J connectivity index is 2.64. The van der Waals surface area contributed by atoms with E-state index in [2.05, 4.69) is 15.5 Å². The lowest BCUT2D eigenvalue weighted by atomic mass is 10.2. The fourth-order valence-corrected chi connectivity index (χ4v) is 1.50. The van der Waals surface area contributed by atoms with Crippen molar-refractivity contribution < 1.29 is 4.79 Å². The summed E-state index contributed by atoms with van der Waals surface area (Å²) in [7, 11) is 0. The molecule has 1 aromatic heterocycles. The third kappa shape index (κ3) is 2.93. The molecule has 0 saturated heterocycles. The Morgan fingerprint density at radius 3 is 2.77 bits per heavy atom. The van der Waals surface area contributed by atoms with E-state index in [1.807, 2.05) is 13.8 Å². The molecule has 4 nitrogen and oxygen atoms in total. The molecule has 13 heavy (non-hydrogen) atoms. The molecule has 0 atom stereocenters. The maximum atomic E-state index is 10.9. The highest BCUT2D eigenvalue weighted by atomic mass is 35.5. The normalized spacial score (nSPS) is 10.5. The van der Waals surface area contributed by atoms with E-state index in [0.29, 0.717) is 11.0 Å². The molecule has 0 bridgehead atoms. The van der Waals surface area contributed by atoms with Gasteiger partial charge in [-0.2, -0.15) is 0 Å². The van der Waals surface area contributed by atoms with Crippen molar-refractivity contribution in [1.82, 2.24) is 10.2 Å². The highest BCUT2D eigenvalue weighted by molar-refractivity contribution is 7.15. The summed E-state index contributed by atoms with van der Waals surface area (Å²) in [6.45, 7) is 4.04. The van der Waals surface area contributed by atoms with Crippen molar-refractivity contribution in [3.8, 4) is 0 Å². The van der Waals surface area contributed by atoms with E-state index in [1.54, 1.807) is 0 Å². The molecule has 0 aliphatic carbocycles. The van der Waals surface area contributed by atoms with Gasteiger partial charge in [0.25, 0.3) is 0 Å². The number of nitrogens with one attached hydrogen (secondary N) is 1. The molecule has 1 amide bonds. The van der Waals surface area contributed by atoms with E-state index < -0.39 is 0 Å². The van der Waals surface area contributed by atoms with Gasteiger partial charge in [-0.1, -0.05) is 25.2 Å². The van der Waals surface area contributed by atoms with Crippen LogP contribution in [0.4, 0.5) is 5.13 Å². The summed E-state index contributed by atoms with van der Waals surface area (Å²) in [5.74, 6) is 0.0172. The van der Waals surface area contributed by atoms with Gasteiger partial charge in [-0.3, -0.25) is 10.1 Å². The first-order valence-electron chi connectivity index (χ1n) is 3.82. The number of carbonyl (C=O) groups is 1. The first-order chi connectivity index (χ1) is 6.13. The molecular weight excluding hydrogens is 210 g/mol. The van der Waals surface area contributed by atoms with Crippen LogP contribution >= 0.6 is 22.9 Å². The van der Waals surface area contributed by atoms with Crippen molar-refractivity contribution in [1.29, 1.82) is 0 Å². The molecule has 0 aliphatic rings. The van der Waals surface area contributed by atoms with Gasteiger partial charge in [-0.05, 0) is 0 Å². The minimum Gasteiger partial charge on any atom is -0.299 e. The average molecular weight is 220 g/mol. The van der Waals surface area contributed by atoms with Crippen LogP contribution in [0.5, 0.6) is 0 Å². The van der Waals surface area contributed by atoms with E-state index in [9.17, 15) is 4.79 Å². The van der Waals surface area contributed by atoms with Gasteiger partial charge in [0.2, 0.25) is 11.0 Å². The molecule has 1 N–H and O–H groups in total. The van der Waals surface area contributed by atoms with Crippen LogP contribution in [-0.4, -0.2) is 22.0 Å². The van der Waals surface area contributed by atoms with E-state index in [-0.39, 0.29) is 11.8 Å². The van der Waals surface area contributed by atoms with Crippen molar-refractivity contribution in [3.05, 3.63) is 5.01 Å². The van der Waals surface area contributed by atoms with Crippen LogP contribution in [0.1, 0.15) is 24.8 Å². The first kappa shape index (κ1) is 10.4. The standard InChI is InChI=1S/C7H10ClN3OS/c1-4(2)6-10-11-7(13-6)9-5(12)3-8/h4H,3H2,1-2H3,(H,9,11,12). The first-order valence-corrected chi connectivity index (χ1v) is 5.17. The van der Waals surface area contributed by atoms with Gasteiger partial charge in [-0.25, -0.2) is 0 Å². The lowest BCUT2D eigenvalue weighted by Crippen LogP contribution is -2.12. The zero-order valence-corrected chi connectivity index (χ0v) is 8.95. The van der Waals surface area contributed by atoms with Gasteiger partial charge in [-0.15, -0.1) is 21.8 Å². The fraction of sp³-hybridized carbons (Fsp3) is 0.571. The third-order valence-corrected chi connectivity index (χ3v) is 2.68. The molecule has 0 aliphatic heterocycles. The van der Waals surface area contributed by atoms with Crippen LogP contribution in [0.15, 0.2) is 0 Å². The average Bonchev–Trinajstić information content (AvgIpc) is 2.52. The quantitative estimate of drug-likeness (QED) is 0.790. The predicted octanol–water partition coefficient (Wildman–Crippen LogP) is 1.84. The maximum absolute atomic E-state index is 10.9. The molecule has 0 saturated carbocycles. The van der Waals surface area contributed by atoms with Gasteiger partial charge in [0.05, 0.1) is 0 Å². The van der Waals surface area contributed by atoms with Crippen molar-refractivity contribution in [3.63, 3.8) is 0 Å². The topological polar surface area (TPSA) is 54.9 Å². The Bertz CT molecular complexity index is 300. The largest absolute Gasteiger partial charge is 0.299 e. The molecule has 72 valence electrons. The molecule has 0 unspecified atom stereocenters. The zero-order valence-electron chi connectivity index (χ0n) is 7.37. The van der Waals surface area contributed by atoms with Crippen LogP contribution in [0.25, 0.3) is 0 Å². The number of nitrogens with zero attached hydrogens (tertiary/aromatic N) is 2. The Labute approximate surface area is 85.3 Å². The van der Waals surface area contributed by atoms with Crippen LogP contribution in [0.3, 0.4) is 0 Å². The minimum absolute atomic E-state index is 0.0589. The molecule has 1 rings (SSSR count). The van der Waals surface area contributed by atoms with E-state index >= 15 is 0 Å². The Morgan fingerprint density at radius 2 is 2.31 bits per heavy atom. The molecule has 0 fully saturated rings. The molecule has 0 spiro atoms. The van der Waals surface area contributed by atoms with E-state index in [4.69, 9.17) is 11.6 Å². The van der Waals surface area contributed by atoms with Crippen molar-refractivity contribution >= 4 is 34.0 Å². The number of rotatable bonds is 3. The molecular formula is C7H10ClN3OS. The van der Waals surface area contributed by atoms with Gasteiger partial charge in [0, 0.05) is 5.92 Å². The van der Waals surface area contributed by atoms with E-state index in [0.717, 1.165) is 5.01 Å². The third-order valence-electron chi connectivity index (χ3n) is 1.30. The lowest BCUT2D eigenvalue weighted by molar-refractivity contribution is -0.113. The molecule has 1 heterocycles. The Morgan fingerprint density at radius 1 is 1.62 bits per heavy atom. The second-order valence-electron chi connectivity index (χ2n) is 2.78. The number of hydrogen-bond acceptors (Lipinski definition) is 4. The maximum Gasteiger partial charge on any atom is 0.241 e. The Kier molecular flexibility index (Phi) is 3.62. The molecule has 0 radical (unpaired) electrons. The monoisotopic (exact) mass is 219 g/mol. The number of halogens is 1. The second kappa shape index (κ2) is 4.53. The number of hydrogen-bond donors (Lipinski definition) is 1. The second-order valence-corrected chi connectivity index (χ2v) is 4.06. The summed E-state index contributed by atoms with van der Waals surface area (Å²) < 4.78 is 0. The van der Waals surface area contributed by atoms with Gasteiger partial charge >= 0.3 is 0 Å². The molecule has 6 heteroatoms. The number of alkyl halides is 1. The zero-order chi connectivity index (χ0) is 9.84. The predicted molar refractivity (Wildman–Crippen MR) is 53.3 cm³/mol. The molecule has 1 aromatic rings. The van der Waals surface area contributed by atoms with Gasteiger partial charge in [0.15, 0.2) is 0 Å². The summed E-state index contributed by atoms with van der Waals surface area (Å²) in [6.07, 6.45) is 0. The van der Waals surface area contributed by atoms with Crippen molar-refractivity contribution in [2.24, 2.45) is 0 Å². The van der Waals surface area contributed by atoms with Crippen molar-refractivity contribution in [2.45, 2.75) is 19.8 Å². The van der Waals surface area contributed by atoms with Crippen LogP contribution in [-0.2, 0) is 4.79 Å². The number of amides is 1. The smallest absolute Gasteiger partial charge is 0.241 e. The number of anilines is 1. The highest BCUT2D eigenvalue weighted by Gasteiger charge is 2.09. The fourth-order valence-electron chi connectivity index (χ4n) is 0.671. The summed E-state index contributed by atoms with van der Waals surface area (Å²) in [4.78, 5) is 10.9. The Hall–Kier alpha value is -0.680.